The van der Waals surface area contributed by atoms with Crippen LogP contribution in [0, 0.1) is 0 Å². The van der Waals surface area contributed by atoms with Gasteiger partial charge < -0.3 is 19.4 Å². The summed E-state index contributed by atoms with van der Waals surface area (Å²) in [5.74, 6) is 1.02. The van der Waals surface area contributed by atoms with E-state index in [1.54, 1.807) is 12.3 Å². The van der Waals surface area contributed by atoms with Crippen molar-refractivity contribution in [2.45, 2.75) is 18.1 Å². The Kier molecular flexibility index (Phi) is 5.01. The second kappa shape index (κ2) is 7.00. The fourth-order valence-corrected chi connectivity index (χ4v) is 4.84. The van der Waals surface area contributed by atoms with Gasteiger partial charge in [0, 0.05) is 29.8 Å². The lowest BCUT2D eigenvalue weighted by atomic mass is 10.1. The van der Waals surface area contributed by atoms with E-state index in [0.29, 0.717) is 35.6 Å². The van der Waals surface area contributed by atoms with Crippen LogP contribution in [0.2, 0.25) is 0 Å². The summed E-state index contributed by atoms with van der Waals surface area (Å²) >= 11 is 1.21. The van der Waals surface area contributed by atoms with Gasteiger partial charge in [-0.3, -0.25) is 4.79 Å². The third-order valence-corrected chi connectivity index (χ3v) is 6.22. The number of pyridine rings is 1. The number of nitrogens with one attached hydrogen (secondary N) is 1. The average molecular weight is 356 g/mol. The van der Waals surface area contributed by atoms with Crippen molar-refractivity contribution >= 4 is 35.5 Å². The molecule has 0 radical (unpaired) electrons. The first-order valence-corrected chi connectivity index (χ1v) is 9.83. The molecule has 0 atom stereocenters. The van der Waals surface area contributed by atoms with Crippen molar-refractivity contribution in [3.63, 3.8) is 0 Å². The fraction of sp³-hybridized carbons (Fsp3) is 0.462. The van der Waals surface area contributed by atoms with Gasteiger partial charge in [-0.15, -0.1) is 0 Å². The first kappa shape index (κ1) is 16.4. The Balaban J connectivity index is 1.92. The van der Waals surface area contributed by atoms with E-state index < -0.39 is 7.58 Å². The van der Waals surface area contributed by atoms with Gasteiger partial charge >= 0.3 is 0 Å². The Morgan fingerprint density at radius 2 is 2.17 bits per heavy atom. The third kappa shape index (κ3) is 3.58. The molecule has 3 N–H and O–H groups in total. The van der Waals surface area contributed by atoms with E-state index in [9.17, 15) is 4.79 Å². The third-order valence-electron chi connectivity index (χ3n) is 3.80. The second-order valence-corrected chi connectivity index (χ2v) is 8.19. The van der Waals surface area contributed by atoms with Crippen molar-refractivity contribution in [1.29, 1.82) is 0 Å². The highest BCUT2D eigenvalue weighted by atomic mass is 32.7. The van der Waals surface area contributed by atoms with E-state index >= 15 is 0 Å². The van der Waals surface area contributed by atoms with Gasteiger partial charge in [-0.25, -0.2) is 5.10 Å². The number of H-pyrrole nitrogens is 1. The van der Waals surface area contributed by atoms with Crippen molar-refractivity contribution in [2.75, 3.05) is 25.1 Å². The van der Waals surface area contributed by atoms with Gasteiger partial charge in [0.25, 0.3) is 5.56 Å². The molecule has 0 aliphatic carbocycles. The standard InChI is InChI=1S/C13H17N4O4PS/c1-21-10-6-8-7-14-16-13(18)11(8)12(15-10)17-4-2-9(3-5-17)23-22(19)20/h6-7,9,19-20H,2-5H2,1H3,(H,16,18). The van der Waals surface area contributed by atoms with Crippen molar-refractivity contribution in [2.24, 2.45) is 0 Å². The number of rotatable bonds is 4. The lowest BCUT2D eigenvalue weighted by molar-refractivity contribution is 0.398. The predicted molar refractivity (Wildman–Crippen MR) is 90.9 cm³/mol. The maximum Gasteiger partial charge on any atom is 0.275 e. The first-order valence-electron chi connectivity index (χ1n) is 7.10. The molecule has 124 valence electrons. The molecule has 1 saturated heterocycles. The van der Waals surface area contributed by atoms with Crippen molar-refractivity contribution in [3.05, 3.63) is 22.6 Å². The van der Waals surface area contributed by atoms with Crippen LogP contribution in [0.4, 0.5) is 5.82 Å². The molecule has 0 saturated carbocycles. The zero-order valence-corrected chi connectivity index (χ0v) is 14.2. The number of piperidine rings is 1. The first-order chi connectivity index (χ1) is 11.1. The highest BCUT2D eigenvalue weighted by Crippen LogP contribution is 2.47. The number of ether oxygens (including phenoxy) is 1. The summed E-state index contributed by atoms with van der Waals surface area (Å²) in [5.41, 5.74) is -0.279. The van der Waals surface area contributed by atoms with E-state index in [-0.39, 0.29) is 10.8 Å². The van der Waals surface area contributed by atoms with Gasteiger partial charge in [-0.05, 0) is 12.8 Å². The number of hydrogen-bond acceptors (Lipinski definition) is 8. The number of anilines is 1. The molecule has 23 heavy (non-hydrogen) atoms. The predicted octanol–water partition coefficient (Wildman–Crippen LogP) is 1.24. The summed E-state index contributed by atoms with van der Waals surface area (Å²) < 4.78 is 5.22. The minimum atomic E-state index is -1.93. The summed E-state index contributed by atoms with van der Waals surface area (Å²) in [4.78, 5) is 36.9. The van der Waals surface area contributed by atoms with Crippen molar-refractivity contribution in [1.82, 2.24) is 15.2 Å². The van der Waals surface area contributed by atoms with E-state index in [0.717, 1.165) is 12.8 Å². The van der Waals surface area contributed by atoms with Crippen LogP contribution in [-0.2, 0) is 0 Å². The largest absolute Gasteiger partial charge is 0.481 e. The zero-order valence-electron chi connectivity index (χ0n) is 12.5. The molecule has 0 amide bonds. The Labute approximate surface area is 137 Å². The summed E-state index contributed by atoms with van der Waals surface area (Å²) in [7, 11) is -0.400. The van der Waals surface area contributed by atoms with Crippen LogP contribution in [0.15, 0.2) is 17.1 Å². The minimum absolute atomic E-state index is 0.212. The number of nitrogens with zero attached hydrogens (tertiary/aromatic N) is 3. The maximum absolute atomic E-state index is 12.2. The van der Waals surface area contributed by atoms with Gasteiger partial charge in [0.15, 0.2) is 0 Å². The van der Waals surface area contributed by atoms with Crippen LogP contribution in [-0.4, -0.2) is 50.4 Å². The summed E-state index contributed by atoms with van der Waals surface area (Å²) in [5, 5.41) is 7.66. The Morgan fingerprint density at radius 3 is 2.83 bits per heavy atom. The molecule has 0 aromatic carbocycles. The molecule has 3 rings (SSSR count). The quantitative estimate of drug-likeness (QED) is 0.702. The molecule has 2 aromatic rings. The highest BCUT2D eigenvalue weighted by molar-refractivity contribution is 8.52. The lowest BCUT2D eigenvalue weighted by Gasteiger charge is -2.32. The van der Waals surface area contributed by atoms with Gasteiger partial charge in [-0.1, -0.05) is 11.4 Å². The smallest absolute Gasteiger partial charge is 0.275 e. The number of fused-ring (bicyclic) bond motifs is 1. The molecule has 0 bridgehead atoms. The summed E-state index contributed by atoms with van der Waals surface area (Å²) in [6.45, 7) is 1.38. The Hall–Kier alpha value is -1.41. The van der Waals surface area contributed by atoms with Crippen LogP contribution >= 0.6 is 19.0 Å². The van der Waals surface area contributed by atoms with Crippen molar-refractivity contribution in [3.8, 4) is 5.88 Å². The highest BCUT2D eigenvalue weighted by Gasteiger charge is 2.25. The van der Waals surface area contributed by atoms with Crippen LogP contribution in [0.1, 0.15) is 12.8 Å². The van der Waals surface area contributed by atoms with Crippen molar-refractivity contribution < 1.29 is 14.5 Å². The molecule has 8 nitrogen and oxygen atoms in total. The van der Waals surface area contributed by atoms with Gasteiger partial charge in [0.05, 0.1) is 18.7 Å². The lowest BCUT2D eigenvalue weighted by Crippen LogP contribution is -2.36. The zero-order chi connectivity index (χ0) is 16.4. The Bertz CT molecular complexity index is 748. The van der Waals surface area contributed by atoms with E-state index in [1.807, 2.05) is 4.90 Å². The van der Waals surface area contributed by atoms with Crippen LogP contribution in [0.25, 0.3) is 10.8 Å². The van der Waals surface area contributed by atoms with Gasteiger partial charge in [0.1, 0.15) is 5.82 Å². The monoisotopic (exact) mass is 356 g/mol. The normalized spacial score (nSPS) is 16.3. The molecular formula is C13H17N4O4PS. The number of aromatic nitrogens is 3. The number of aromatic amines is 1. The number of methoxy groups -OCH3 is 1. The summed E-state index contributed by atoms with van der Waals surface area (Å²) in [6.07, 6.45) is 3.18. The molecule has 2 aromatic heterocycles. The fourth-order valence-electron chi connectivity index (χ4n) is 2.72. The maximum atomic E-state index is 12.2. The molecule has 1 aliphatic rings. The van der Waals surface area contributed by atoms with Crippen LogP contribution < -0.4 is 15.2 Å². The topological polar surface area (TPSA) is 112 Å². The second-order valence-electron chi connectivity index (χ2n) is 5.20. The molecule has 0 unspecified atom stereocenters. The Morgan fingerprint density at radius 1 is 1.43 bits per heavy atom. The van der Waals surface area contributed by atoms with Gasteiger partial charge in [-0.2, -0.15) is 10.1 Å². The van der Waals surface area contributed by atoms with E-state index in [1.165, 1.54) is 18.5 Å². The van der Waals surface area contributed by atoms with E-state index in [4.69, 9.17) is 14.5 Å². The molecule has 0 spiro atoms. The molecule has 3 heterocycles. The van der Waals surface area contributed by atoms with Gasteiger partial charge in [0.2, 0.25) is 13.5 Å². The molecule has 10 heteroatoms. The SMILES string of the molecule is COc1cc2cn[nH]c(=O)c2c(N2CCC(SP(O)O)CC2)n1. The van der Waals surface area contributed by atoms with Crippen LogP contribution in [0.3, 0.4) is 0 Å². The number of hydrogen-bond donors (Lipinski definition) is 3. The molecular weight excluding hydrogens is 339 g/mol. The molecule has 1 fully saturated rings. The van der Waals surface area contributed by atoms with E-state index in [2.05, 4.69) is 15.2 Å². The minimum Gasteiger partial charge on any atom is -0.481 e. The molecule has 1 aliphatic heterocycles. The summed E-state index contributed by atoms with van der Waals surface area (Å²) in [6, 6.07) is 1.69. The van der Waals surface area contributed by atoms with Crippen LogP contribution in [0.5, 0.6) is 5.88 Å². The average Bonchev–Trinajstić information content (AvgIpc) is 2.54.